The highest BCUT2D eigenvalue weighted by Crippen LogP contribution is 2.24. The molecule has 8 nitrogen and oxygen atoms in total. The maximum atomic E-state index is 11.9. The Morgan fingerprint density at radius 2 is 2.00 bits per heavy atom. The topological polar surface area (TPSA) is 106 Å². The summed E-state index contributed by atoms with van der Waals surface area (Å²) in [6.45, 7) is 7.69. The van der Waals surface area contributed by atoms with Crippen molar-refractivity contribution >= 4 is 17.4 Å². The monoisotopic (exact) mass is 365 g/mol. The van der Waals surface area contributed by atoms with Gasteiger partial charge in [-0.25, -0.2) is 0 Å². The molecule has 1 aromatic carbocycles. The number of ether oxygens (including phenoxy) is 1. The van der Waals surface area contributed by atoms with Crippen molar-refractivity contribution in [3.8, 4) is 5.75 Å². The van der Waals surface area contributed by atoms with E-state index in [4.69, 9.17) is 9.57 Å². The van der Waals surface area contributed by atoms with Crippen molar-refractivity contribution in [1.82, 2.24) is 5.32 Å². The Morgan fingerprint density at radius 1 is 1.27 bits per heavy atom. The molecule has 0 saturated heterocycles. The van der Waals surface area contributed by atoms with Crippen molar-refractivity contribution in [2.75, 3.05) is 18.5 Å². The van der Waals surface area contributed by atoms with Crippen LogP contribution in [0.4, 0.5) is 5.69 Å². The number of hydrogen-bond donors (Lipinski definition) is 2. The molecule has 0 aliphatic rings. The van der Waals surface area contributed by atoms with E-state index in [1.807, 2.05) is 20.8 Å². The van der Waals surface area contributed by atoms with Gasteiger partial charge in [0.15, 0.2) is 17.2 Å². The van der Waals surface area contributed by atoms with E-state index in [2.05, 4.69) is 16.0 Å². The Balaban J connectivity index is 2.82. The van der Waals surface area contributed by atoms with Crippen molar-refractivity contribution in [1.29, 1.82) is 0 Å². The Hall–Kier alpha value is -2.48. The molecule has 1 amide bonds. The minimum atomic E-state index is -0.585. The van der Waals surface area contributed by atoms with E-state index in [1.54, 1.807) is 18.2 Å². The van der Waals surface area contributed by atoms with Gasteiger partial charge in [0.05, 0.1) is 5.56 Å². The van der Waals surface area contributed by atoms with E-state index in [9.17, 15) is 14.5 Å². The van der Waals surface area contributed by atoms with Crippen LogP contribution in [0.5, 0.6) is 5.75 Å². The molecule has 0 fully saturated rings. The molecule has 1 rings (SSSR count). The van der Waals surface area contributed by atoms with Crippen LogP contribution in [0.2, 0.25) is 0 Å². The zero-order chi connectivity index (χ0) is 19.5. The van der Waals surface area contributed by atoms with Crippen molar-refractivity contribution in [2.45, 2.75) is 52.7 Å². The predicted octanol–water partition coefficient (Wildman–Crippen LogP) is 3.07. The number of benzene rings is 1. The molecule has 0 aromatic heterocycles. The third-order valence-corrected chi connectivity index (χ3v) is 3.49. The normalized spacial score (nSPS) is 11.7. The Morgan fingerprint density at radius 3 is 2.58 bits per heavy atom. The van der Waals surface area contributed by atoms with Crippen LogP contribution in [0.1, 0.15) is 50.9 Å². The summed E-state index contributed by atoms with van der Waals surface area (Å²) >= 11 is 0. The van der Waals surface area contributed by atoms with Crippen LogP contribution >= 0.6 is 0 Å². The van der Waals surface area contributed by atoms with Gasteiger partial charge in [0.25, 0.3) is 0 Å². The summed E-state index contributed by atoms with van der Waals surface area (Å²) < 4.78 is 5.66. The van der Waals surface area contributed by atoms with E-state index >= 15 is 0 Å². The van der Waals surface area contributed by atoms with Gasteiger partial charge in [0.2, 0.25) is 5.91 Å². The summed E-state index contributed by atoms with van der Waals surface area (Å²) in [6.07, 6.45) is 0.566. The largest absolute Gasteiger partial charge is 0.489 e. The summed E-state index contributed by atoms with van der Waals surface area (Å²) in [7, 11) is 0. The van der Waals surface area contributed by atoms with Gasteiger partial charge in [-0.1, -0.05) is 20.8 Å². The van der Waals surface area contributed by atoms with Gasteiger partial charge in [-0.15, -0.1) is 4.91 Å². The highest BCUT2D eigenvalue weighted by molar-refractivity contribution is 5.99. The molecule has 0 heterocycles. The molecule has 0 saturated carbocycles. The molecular formula is C18H27N3O5. The van der Waals surface area contributed by atoms with Crippen LogP contribution in [-0.4, -0.2) is 37.0 Å². The molecular weight excluding hydrogens is 338 g/mol. The maximum absolute atomic E-state index is 11.9. The van der Waals surface area contributed by atoms with Crippen molar-refractivity contribution < 1.29 is 19.2 Å². The second-order valence-electron chi connectivity index (χ2n) is 6.24. The minimum absolute atomic E-state index is 0.0489. The third-order valence-electron chi connectivity index (χ3n) is 3.49. The maximum Gasteiger partial charge on any atom is 0.224 e. The number of nitrogens with one attached hydrogen (secondary N) is 2. The summed E-state index contributed by atoms with van der Waals surface area (Å²) in [5, 5.41) is 8.34. The first-order valence-corrected chi connectivity index (χ1v) is 8.66. The Bertz CT molecular complexity index is 619. The summed E-state index contributed by atoms with van der Waals surface area (Å²) in [6, 6.07) is 5.06. The van der Waals surface area contributed by atoms with Gasteiger partial charge in [-0.05, 0) is 31.5 Å². The molecule has 1 atom stereocenters. The number of amides is 1. The van der Waals surface area contributed by atoms with Crippen LogP contribution in [0.3, 0.4) is 0 Å². The van der Waals surface area contributed by atoms with Gasteiger partial charge in [-0.3, -0.25) is 9.59 Å². The first kappa shape index (κ1) is 21.6. The first-order chi connectivity index (χ1) is 12.4. The molecule has 0 radical (unpaired) electrons. The highest BCUT2D eigenvalue weighted by Gasteiger charge is 2.16. The van der Waals surface area contributed by atoms with Crippen LogP contribution in [-0.2, 0) is 9.63 Å². The molecule has 144 valence electrons. The fourth-order valence-electron chi connectivity index (χ4n) is 2.20. The third kappa shape index (κ3) is 7.60. The number of hydrogen-bond acceptors (Lipinski definition) is 7. The molecule has 1 unspecified atom stereocenters. The zero-order valence-corrected chi connectivity index (χ0v) is 15.7. The molecule has 1 aromatic rings. The van der Waals surface area contributed by atoms with Crippen LogP contribution in [0.25, 0.3) is 0 Å². The smallest absolute Gasteiger partial charge is 0.224 e. The lowest BCUT2D eigenvalue weighted by molar-refractivity contribution is -0.116. The summed E-state index contributed by atoms with van der Waals surface area (Å²) in [5.74, 6) is 0.0499. The van der Waals surface area contributed by atoms with Crippen molar-refractivity contribution in [2.24, 2.45) is 5.34 Å². The number of anilines is 1. The van der Waals surface area contributed by atoms with Gasteiger partial charge in [-0.2, -0.15) is 0 Å². The van der Waals surface area contributed by atoms with E-state index in [0.29, 0.717) is 30.0 Å². The zero-order valence-electron chi connectivity index (χ0n) is 15.7. The van der Waals surface area contributed by atoms with Gasteiger partial charge in [0, 0.05) is 24.7 Å². The highest BCUT2D eigenvalue weighted by atomic mass is 16.7. The fraction of sp³-hybridized carbons (Fsp3) is 0.556. The van der Waals surface area contributed by atoms with E-state index < -0.39 is 6.10 Å². The van der Waals surface area contributed by atoms with E-state index in [-0.39, 0.29) is 24.3 Å². The molecule has 26 heavy (non-hydrogen) atoms. The molecule has 0 aliphatic heterocycles. The van der Waals surface area contributed by atoms with Crippen molar-refractivity contribution in [3.63, 3.8) is 0 Å². The van der Waals surface area contributed by atoms with Crippen LogP contribution < -0.4 is 15.4 Å². The molecule has 0 spiro atoms. The summed E-state index contributed by atoms with van der Waals surface area (Å²) in [5.41, 5.74) is 0.874. The number of rotatable bonds is 12. The van der Waals surface area contributed by atoms with Crippen molar-refractivity contribution in [3.05, 3.63) is 28.7 Å². The fourth-order valence-corrected chi connectivity index (χ4v) is 2.20. The van der Waals surface area contributed by atoms with Gasteiger partial charge in [0.1, 0.15) is 12.4 Å². The minimum Gasteiger partial charge on any atom is -0.489 e. The quantitative estimate of drug-likeness (QED) is 0.335. The Kier molecular flexibility index (Phi) is 9.29. The molecule has 2 N–H and O–H groups in total. The molecule has 0 bridgehead atoms. The van der Waals surface area contributed by atoms with Crippen LogP contribution in [0, 0.1) is 4.91 Å². The average molecular weight is 365 g/mol. The predicted molar refractivity (Wildman–Crippen MR) is 99.3 cm³/mol. The second kappa shape index (κ2) is 11.2. The second-order valence-corrected chi connectivity index (χ2v) is 6.24. The number of ketones is 1. The average Bonchev–Trinajstić information content (AvgIpc) is 2.58. The van der Waals surface area contributed by atoms with Gasteiger partial charge >= 0.3 is 0 Å². The van der Waals surface area contributed by atoms with Gasteiger partial charge < -0.3 is 20.2 Å². The van der Waals surface area contributed by atoms with E-state index in [0.717, 1.165) is 6.42 Å². The molecule has 0 aliphatic carbocycles. The standard InChI is InChI=1S/C18H27N3O5/c1-5-6-18(23)20-14-7-8-17(16(9-14)13(4)22)25-11-15(26-21-24)10-19-12(2)3/h7-9,12,15,19H,5-6,10-11H2,1-4H3,(H,20,23). The lowest BCUT2D eigenvalue weighted by atomic mass is 10.1. The Labute approximate surface area is 153 Å². The number of nitrogens with zero attached hydrogens (tertiary/aromatic N) is 1. The van der Waals surface area contributed by atoms with E-state index in [1.165, 1.54) is 6.92 Å². The number of carbonyl (C=O) groups excluding carboxylic acids is 2. The number of carbonyl (C=O) groups is 2. The molecule has 8 heteroatoms. The first-order valence-electron chi connectivity index (χ1n) is 8.66. The summed E-state index contributed by atoms with van der Waals surface area (Å²) in [4.78, 5) is 38.8. The lowest BCUT2D eigenvalue weighted by Gasteiger charge is -2.18. The van der Waals surface area contributed by atoms with Crippen LogP contribution in [0.15, 0.2) is 23.5 Å². The lowest BCUT2D eigenvalue weighted by Crippen LogP contribution is -2.36. The number of Topliss-reactive ketones (excluding diaryl/α,β-unsaturated/α-hetero) is 1. The SMILES string of the molecule is CCCC(=O)Nc1ccc(OCC(CNC(C)C)ON=O)c(C(C)=O)c1.